The van der Waals surface area contributed by atoms with Gasteiger partial charge in [-0.3, -0.25) is 14.5 Å². The third-order valence-corrected chi connectivity index (χ3v) is 4.39. The average molecular weight is 365 g/mol. The van der Waals surface area contributed by atoms with E-state index in [2.05, 4.69) is 31.2 Å². The lowest BCUT2D eigenvalue weighted by molar-refractivity contribution is 0.102. The number of halogens is 1. The summed E-state index contributed by atoms with van der Waals surface area (Å²) in [5, 5.41) is 5.35. The first-order valence-electron chi connectivity index (χ1n) is 6.48. The molecule has 0 unspecified atom stereocenters. The van der Waals surface area contributed by atoms with Crippen LogP contribution in [-0.4, -0.2) is 20.3 Å². The van der Waals surface area contributed by atoms with E-state index in [-0.39, 0.29) is 5.91 Å². The molecule has 7 heteroatoms. The van der Waals surface area contributed by atoms with Gasteiger partial charge in [-0.05, 0) is 41.4 Å². The molecule has 0 saturated heterocycles. The summed E-state index contributed by atoms with van der Waals surface area (Å²) < 4.78 is 2.70. The highest BCUT2D eigenvalue weighted by atomic mass is 79.9. The van der Waals surface area contributed by atoms with Crippen LogP contribution < -0.4 is 5.32 Å². The van der Waals surface area contributed by atoms with Crippen LogP contribution in [-0.2, 0) is 6.42 Å². The Bertz CT molecular complexity index is 824. The summed E-state index contributed by atoms with van der Waals surface area (Å²) >= 11 is 4.84. The van der Waals surface area contributed by atoms with Gasteiger partial charge in [0, 0.05) is 16.0 Å². The second-order valence-electron chi connectivity index (χ2n) is 4.58. The van der Waals surface area contributed by atoms with E-state index in [4.69, 9.17) is 0 Å². The van der Waals surface area contributed by atoms with Gasteiger partial charge in [-0.2, -0.15) is 0 Å². The molecule has 0 saturated carbocycles. The van der Waals surface area contributed by atoms with Gasteiger partial charge in [-0.25, -0.2) is 9.97 Å². The molecule has 3 rings (SSSR count). The predicted octanol–water partition coefficient (Wildman–Crippen LogP) is 3.68. The minimum Gasteiger partial charge on any atom is -0.296 e. The first-order chi connectivity index (χ1) is 10.1. The highest BCUT2D eigenvalue weighted by molar-refractivity contribution is 9.10. The summed E-state index contributed by atoms with van der Waals surface area (Å²) in [6.45, 7) is 3.89. The number of aromatic nitrogens is 3. The molecule has 5 nitrogen and oxygen atoms in total. The van der Waals surface area contributed by atoms with Crippen LogP contribution >= 0.6 is 27.3 Å². The molecule has 1 amide bonds. The topological polar surface area (TPSA) is 59.3 Å². The fourth-order valence-corrected chi connectivity index (χ4v) is 3.14. The highest BCUT2D eigenvalue weighted by Gasteiger charge is 2.19. The Kier molecular flexibility index (Phi) is 3.77. The lowest BCUT2D eigenvalue weighted by Gasteiger charge is -2.04. The minimum atomic E-state index is -0.188. The summed E-state index contributed by atoms with van der Waals surface area (Å²) in [6.07, 6.45) is 2.54. The Hall–Kier alpha value is -1.73. The summed E-state index contributed by atoms with van der Waals surface area (Å²) in [6, 6.07) is 3.79. The van der Waals surface area contributed by atoms with E-state index in [0.717, 1.165) is 21.5 Å². The number of nitrogens with zero attached hydrogens (tertiary/aromatic N) is 3. The van der Waals surface area contributed by atoms with Crippen molar-refractivity contribution in [3.63, 3.8) is 0 Å². The van der Waals surface area contributed by atoms with E-state index in [1.807, 2.05) is 37.6 Å². The maximum Gasteiger partial charge on any atom is 0.276 e. The summed E-state index contributed by atoms with van der Waals surface area (Å²) in [5.74, 6) is -0.188. The number of rotatable bonds is 3. The first-order valence-corrected chi connectivity index (χ1v) is 8.15. The van der Waals surface area contributed by atoms with Crippen LogP contribution in [0.3, 0.4) is 0 Å². The van der Waals surface area contributed by atoms with Crippen LogP contribution in [0.2, 0.25) is 0 Å². The predicted molar refractivity (Wildman–Crippen MR) is 87.1 cm³/mol. The zero-order valence-corrected chi connectivity index (χ0v) is 14.0. The molecular weight excluding hydrogens is 352 g/mol. The number of carbonyl (C=O) groups is 1. The Morgan fingerprint density at radius 1 is 1.43 bits per heavy atom. The summed E-state index contributed by atoms with van der Waals surface area (Å²) in [5.41, 5.74) is 2.99. The zero-order valence-electron chi connectivity index (χ0n) is 11.6. The number of anilines is 1. The molecule has 0 atom stereocenters. The van der Waals surface area contributed by atoms with Crippen LogP contribution in [0.25, 0.3) is 5.65 Å². The lowest BCUT2D eigenvalue weighted by atomic mass is 10.2. The number of hydrogen-bond donors (Lipinski definition) is 1. The number of pyridine rings is 1. The van der Waals surface area contributed by atoms with Gasteiger partial charge in [0.1, 0.15) is 11.3 Å². The van der Waals surface area contributed by atoms with Crippen molar-refractivity contribution in [3.05, 3.63) is 45.3 Å². The van der Waals surface area contributed by atoms with Crippen LogP contribution in [0.4, 0.5) is 5.13 Å². The van der Waals surface area contributed by atoms with Crippen LogP contribution in [0.15, 0.2) is 28.2 Å². The molecule has 108 valence electrons. The second kappa shape index (κ2) is 5.57. The van der Waals surface area contributed by atoms with Crippen molar-refractivity contribution in [1.29, 1.82) is 0 Å². The molecule has 3 aromatic rings. The van der Waals surface area contributed by atoms with Gasteiger partial charge in [-0.1, -0.05) is 6.92 Å². The molecule has 21 heavy (non-hydrogen) atoms. The largest absolute Gasteiger partial charge is 0.296 e. The van der Waals surface area contributed by atoms with Crippen molar-refractivity contribution in [2.24, 2.45) is 0 Å². The maximum atomic E-state index is 12.6. The molecular formula is C14H13BrN4OS. The third kappa shape index (κ3) is 2.71. The normalized spacial score (nSPS) is 11.0. The number of fused-ring (bicyclic) bond motifs is 1. The van der Waals surface area contributed by atoms with E-state index in [1.165, 1.54) is 11.3 Å². The second-order valence-corrected chi connectivity index (χ2v) is 6.36. The van der Waals surface area contributed by atoms with Crippen molar-refractivity contribution in [2.75, 3.05) is 5.32 Å². The number of aryl methyl sites for hydroxylation is 2. The quantitative estimate of drug-likeness (QED) is 0.770. The zero-order chi connectivity index (χ0) is 15.0. The molecule has 0 spiro atoms. The summed E-state index contributed by atoms with van der Waals surface area (Å²) in [7, 11) is 0. The molecule has 0 radical (unpaired) electrons. The molecule has 0 aliphatic carbocycles. The molecule has 0 aromatic carbocycles. The van der Waals surface area contributed by atoms with Crippen molar-refractivity contribution >= 4 is 44.0 Å². The number of carbonyl (C=O) groups excluding carboxylic acids is 1. The number of imidazole rings is 1. The van der Waals surface area contributed by atoms with E-state index in [9.17, 15) is 4.79 Å². The van der Waals surface area contributed by atoms with Crippen molar-refractivity contribution < 1.29 is 4.79 Å². The number of nitrogens with one attached hydrogen (secondary N) is 1. The van der Waals surface area contributed by atoms with E-state index < -0.39 is 0 Å². The maximum absolute atomic E-state index is 12.6. The molecule has 3 heterocycles. The summed E-state index contributed by atoms with van der Waals surface area (Å²) in [4.78, 5) is 21.3. The standard InChI is InChI=1S/C14H13BrN4OS/c1-3-10-12(13(20)18-14-16-8(2)7-21-14)19-6-9(15)4-5-11(19)17-10/h4-7H,3H2,1-2H3,(H,16,18,20). The number of hydrogen-bond acceptors (Lipinski definition) is 4. The molecule has 0 fully saturated rings. The number of thiazole rings is 1. The van der Waals surface area contributed by atoms with Crippen molar-refractivity contribution in [3.8, 4) is 0 Å². The van der Waals surface area contributed by atoms with Gasteiger partial charge >= 0.3 is 0 Å². The molecule has 3 aromatic heterocycles. The van der Waals surface area contributed by atoms with E-state index >= 15 is 0 Å². The Morgan fingerprint density at radius 2 is 2.24 bits per heavy atom. The third-order valence-electron chi connectivity index (χ3n) is 3.04. The van der Waals surface area contributed by atoms with Gasteiger partial charge in [0.15, 0.2) is 5.13 Å². The van der Waals surface area contributed by atoms with Gasteiger partial charge in [0.25, 0.3) is 5.91 Å². The fraction of sp³-hybridized carbons (Fsp3) is 0.214. The highest BCUT2D eigenvalue weighted by Crippen LogP contribution is 2.20. The minimum absolute atomic E-state index is 0.188. The molecule has 0 aliphatic rings. The Morgan fingerprint density at radius 3 is 2.90 bits per heavy atom. The number of amides is 1. The average Bonchev–Trinajstić information content (AvgIpc) is 3.01. The van der Waals surface area contributed by atoms with Crippen LogP contribution in [0.1, 0.15) is 28.8 Å². The van der Waals surface area contributed by atoms with Gasteiger partial charge < -0.3 is 0 Å². The molecule has 1 N–H and O–H groups in total. The van der Waals surface area contributed by atoms with Crippen molar-refractivity contribution in [2.45, 2.75) is 20.3 Å². The fourth-order valence-electron chi connectivity index (χ4n) is 2.12. The van der Waals surface area contributed by atoms with E-state index in [0.29, 0.717) is 17.2 Å². The van der Waals surface area contributed by atoms with Gasteiger partial charge in [0.2, 0.25) is 0 Å². The van der Waals surface area contributed by atoms with Crippen LogP contribution in [0.5, 0.6) is 0 Å². The van der Waals surface area contributed by atoms with Crippen molar-refractivity contribution in [1.82, 2.24) is 14.4 Å². The van der Waals surface area contributed by atoms with Crippen LogP contribution in [0, 0.1) is 6.92 Å². The smallest absolute Gasteiger partial charge is 0.276 e. The van der Waals surface area contributed by atoms with Gasteiger partial charge in [0.05, 0.1) is 11.4 Å². The molecule has 0 aliphatic heterocycles. The van der Waals surface area contributed by atoms with E-state index in [1.54, 1.807) is 4.40 Å². The van der Waals surface area contributed by atoms with Gasteiger partial charge in [-0.15, -0.1) is 11.3 Å². The Labute approximate surface area is 134 Å². The SMILES string of the molecule is CCc1nc2ccc(Br)cn2c1C(=O)Nc1nc(C)cs1. The Balaban J connectivity index is 2.05. The monoisotopic (exact) mass is 364 g/mol. The molecule has 0 bridgehead atoms. The first kappa shape index (κ1) is 14.2. The lowest BCUT2D eigenvalue weighted by Crippen LogP contribution is -2.16.